The zero-order valence-corrected chi connectivity index (χ0v) is 19.9. The highest BCUT2D eigenvalue weighted by Crippen LogP contribution is 2.52. The molecule has 1 aliphatic heterocycles. The van der Waals surface area contributed by atoms with E-state index in [0.717, 1.165) is 46.1 Å². The number of ketones is 1. The third kappa shape index (κ3) is 3.72. The SMILES string of the molecule is CC1(C)CC(=O)C2=C(C1)c1c(ccc3ccccc13)N[C@H]2c1ccc(-c2cccc(C(F)(F)F)c2)o1. The number of Topliss-reactive ketones (excluding diaryl/α,β-unsaturated/α-hetero) is 1. The maximum absolute atomic E-state index is 13.5. The maximum Gasteiger partial charge on any atom is 0.416 e. The maximum atomic E-state index is 13.5. The van der Waals surface area contributed by atoms with Crippen molar-refractivity contribution in [3.8, 4) is 11.3 Å². The van der Waals surface area contributed by atoms with Crippen LogP contribution in [0.5, 0.6) is 0 Å². The quantitative estimate of drug-likeness (QED) is 0.309. The summed E-state index contributed by atoms with van der Waals surface area (Å²) in [5.74, 6) is 0.893. The summed E-state index contributed by atoms with van der Waals surface area (Å²) in [6.07, 6.45) is -3.27. The molecule has 0 bridgehead atoms. The number of rotatable bonds is 2. The van der Waals surface area contributed by atoms with Gasteiger partial charge in [-0.25, -0.2) is 0 Å². The largest absolute Gasteiger partial charge is 0.459 e. The molecule has 1 atom stereocenters. The molecular formula is C30H24F3NO2. The molecule has 0 saturated heterocycles. The molecule has 3 aromatic carbocycles. The van der Waals surface area contributed by atoms with E-state index in [1.807, 2.05) is 18.2 Å². The molecule has 0 unspecified atom stereocenters. The summed E-state index contributed by atoms with van der Waals surface area (Å²) >= 11 is 0. The number of nitrogens with one attached hydrogen (secondary N) is 1. The van der Waals surface area contributed by atoms with Crippen molar-refractivity contribution >= 4 is 27.8 Å². The molecule has 3 nitrogen and oxygen atoms in total. The third-order valence-corrected chi connectivity index (χ3v) is 7.12. The Labute approximate surface area is 206 Å². The molecule has 2 aliphatic rings. The van der Waals surface area contributed by atoms with Gasteiger partial charge in [-0.1, -0.05) is 56.3 Å². The minimum atomic E-state index is -4.44. The molecule has 6 heteroatoms. The smallest absolute Gasteiger partial charge is 0.416 e. The average Bonchev–Trinajstić information content (AvgIpc) is 3.32. The molecule has 36 heavy (non-hydrogen) atoms. The lowest BCUT2D eigenvalue weighted by atomic mass is 9.68. The van der Waals surface area contributed by atoms with Crippen molar-refractivity contribution < 1.29 is 22.4 Å². The summed E-state index contributed by atoms with van der Waals surface area (Å²) in [5, 5.41) is 5.70. The van der Waals surface area contributed by atoms with Gasteiger partial charge in [0, 0.05) is 28.8 Å². The van der Waals surface area contributed by atoms with Gasteiger partial charge in [0.2, 0.25) is 0 Å². The average molecular weight is 488 g/mol. The van der Waals surface area contributed by atoms with Crippen LogP contribution in [0.2, 0.25) is 0 Å². The van der Waals surface area contributed by atoms with Gasteiger partial charge < -0.3 is 9.73 Å². The van der Waals surface area contributed by atoms with Crippen LogP contribution in [0.4, 0.5) is 18.9 Å². The molecule has 1 N–H and O–H groups in total. The van der Waals surface area contributed by atoms with E-state index in [1.165, 1.54) is 6.07 Å². The van der Waals surface area contributed by atoms with Crippen LogP contribution in [0.25, 0.3) is 27.7 Å². The Morgan fingerprint density at radius 2 is 1.75 bits per heavy atom. The lowest BCUT2D eigenvalue weighted by Gasteiger charge is -2.39. The Balaban J connectivity index is 1.49. The van der Waals surface area contributed by atoms with Gasteiger partial charge >= 0.3 is 6.18 Å². The van der Waals surface area contributed by atoms with Gasteiger partial charge in [0.15, 0.2) is 5.78 Å². The number of alkyl halides is 3. The fourth-order valence-electron chi connectivity index (χ4n) is 5.56. The number of fused-ring (bicyclic) bond motifs is 4. The fraction of sp³-hybridized carbons (Fsp3) is 0.233. The van der Waals surface area contributed by atoms with Crippen LogP contribution in [0.15, 0.2) is 82.8 Å². The van der Waals surface area contributed by atoms with Gasteiger partial charge in [0.1, 0.15) is 17.6 Å². The second-order valence-electron chi connectivity index (χ2n) is 10.4. The summed E-state index contributed by atoms with van der Waals surface area (Å²) in [4.78, 5) is 13.5. The Bertz CT molecular complexity index is 1560. The summed E-state index contributed by atoms with van der Waals surface area (Å²) in [6.45, 7) is 4.21. The van der Waals surface area contributed by atoms with Crippen molar-refractivity contribution in [2.24, 2.45) is 5.41 Å². The zero-order chi connectivity index (χ0) is 25.2. The van der Waals surface area contributed by atoms with Crippen LogP contribution in [0.1, 0.15) is 49.6 Å². The van der Waals surface area contributed by atoms with E-state index in [9.17, 15) is 18.0 Å². The van der Waals surface area contributed by atoms with Gasteiger partial charge in [-0.3, -0.25) is 4.79 Å². The molecule has 0 spiro atoms. The normalized spacial score (nSPS) is 19.1. The highest BCUT2D eigenvalue weighted by Gasteiger charge is 2.41. The third-order valence-electron chi connectivity index (χ3n) is 7.12. The van der Waals surface area contributed by atoms with Gasteiger partial charge in [-0.15, -0.1) is 0 Å². The summed E-state index contributed by atoms with van der Waals surface area (Å²) in [7, 11) is 0. The van der Waals surface area contributed by atoms with Gasteiger partial charge in [0.05, 0.1) is 5.56 Å². The lowest BCUT2D eigenvalue weighted by molar-refractivity contribution is -0.137. The summed E-state index contributed by atoms with van der Waals surface area (Å²) in [6, 6.07) is 20.2. The second kappa shape index (κ2) is 7.85. The first-order valence-electron chi connectivity index (χ1n) is 11.9. The topological polar surface area (TPSA) is 42.2 Å². The van der Waals surface area contributed by atoms with Crippen LogP contribution < -0.4 is 5.32 Å². The van der Waals surface area contributed by atoms with Crippen molar-refractivity contribution in [2.45, 2.75) is 38.9 Å². The number of anilines is 1. The Kier molecular flexibility index (Phi) is 4.94. The molecule has 2 heterocycles. The first-order valence-corrected chi connectivity index (χ1v) is 11.9. The Morgan fingerprint density at radius 1 is 0.944 bits per heavy atom. The van der Waals surface area contributed by atoms with E-state index < -0.39 is 17.8 Å². The number of hydrogen-bond donors (Lipinski definition) is 1. The molecule has 0 fully saturated rings. The number of carbonyl (C=O) groups excluding carboxylic acids is 1. The first kappa shape index (κ1) is 22.7. The standard InChI is InChI=1S/C30H24F3NO2/c1-29(2)15-21-26-20-9-4-3-6-17(20)10-11-22(26)34-28(27(21)23(35)16-29)25-13-12-24(36-25)18-7-5-8-19(14-18)30(31,32)33/h3-14,28,34H,15-16H2,1-2H3/t28-/m0/s1. The van der Waals surface area contributed by atoms with Gasteiger partial charge in [0.25, 0.3) is 0 Å². The van der Waals surface area contributed by atoms with Crippen molar-refractivity contribution in [1.29, 1.82) is 0 Å². The Hall–Kier alpha value is -3.80. The van der Waals surface area contributed by atoms with Gasteiger partial charge in [-0.05, 0) is 58.5 Å². The number of allylic oxidation sites excluding steroid dienone is 1. The second-order valence-corrected chi connectivity index (χ2v) is 10.4. The van der Waals surface area contributed by atoms with Crippen molar-refractivity contribution in [3.63, 3.8) is 0 Å². The molecule has 182 valence electrons. The summed E-state index contributed by atoms with van der Waals surface area (Å²) in [5.41, 5.74) is 3.09. The van der Waals surface area contributed by atoms with Crippen LogP contribution in [0.3, 0.4) is 0 Å². The van der Waals surface area contributed by atoms with E-state index in [-0.39, 0.29) is 11.2 Å². The van der Waals surface area contributed by atoms with E-state index in [1.54, 1.807) is 18.2 Å². The fourth-order valence-corrected chi connectivity index (χ4v) is 5.56. The molecule has 0 amide bonds. The summed E-state index contributed by atoms with van der Waals surface area (Å²) < 4.78 is 45.8. The first-order chi connectivity index (χ1) is 17.1. The molecule has 1 aromatic heterocycles. The Morgan fingerprint density at radius 3 is 2.56 bits per heavy atom. The van der Waals surface area contributed by atoms with Crippen LogP contribution in [-0.4, -0.2) is 5.78 Å². The number of halogens is 3. The molecule has 6 rings (SSSR count). The predicted molar refractivity (Wildman–Crippen MR) is 134 cm³/mol. The molecule has 4 aromatic rings. The zero-order valence-electron chi connectivity index (χ0n) is 19.9. The van der Waals surface area contributed by atoms with Gasteiger partial charge in [-0.2, -0.15) is 13.2 Å². The lowest BCUT2D eigenvalue weighted by Crippen LogP contribution is -2.33. The number of hydrogen-bond acceptors (Lipinski definition) is 3. The molecular weight excluding hydrogens is 463 g/mol. The number of carbonyl (C=O) groups is 1. The minimum Gasteiger partial charge on any atom is -0.459 e. The van der Waals surface area contributed by atoms with Crippen molar-refractivity contribution in [1.82, 2.24) is 0 Å². The van der Waals surface area contributed by atoms with E-state index in [2.05, 4.69) is 37.4 Å². The number of benzene rings is 3. The monoisotopic (exact) mass is 487 g/mol. The molecule has 0 saturated carbocycles. The van der Waals surface area contributed by atoms with Crippen LogP contribution in [-0.2, 0) is 11.0 Å². The van der Waals surface area contributed by atoms with E-state index in [0.29, 0.717) is 29.1 Å². The highest BCUT2D eigenvalue weighted by molar-refractivity contribution is 6.12. The van der Waals surface area contributed by atoms with Crippen LogP contribution >= 0.6 is 0 Å². The highest BCUT2D eigenvalue weighted by atomic mass is 19.4. The molecule has 0 radical (unpaired) electrons. The van der Waals surface area contributed by atoms with E-state index >= 15 is 0 Å². The van der Waals surface area contributed by atoms with Crippen molar-refractivity contribution in [3.05, 3.63) is 95.3 Å². The van der Waals surface area contributed by atoms with E-state index in [4.69, 9.17) is 4.42 Å². The predicted octanol–water partition coefficient (Wildman–Crippen LogP) is 8.43. The minimum absolute atomic E-state index is 0.0642. The van der Waals surface area contributed by atoms with Crippen LogP contribution in [0, 0.1) is 5.41 Å². The number of furan rings is 1. The molecule has 1 aliphatic carbocycles. The van der Waals surface area contributed by atoms with Crippen molar-refractivity contribution in [2.75, 3.05) is 5.32 Å².